The number of unbranched alkanes of at least 4 members (excludes halogenated alkanes) is 7. The molecule has 0 saturated heterocycles. The predicted octanol–water partition coefficient (Wildman–Crippen LogP) is 5.43. The quantitative estimate of drug-likeness (QED) is 0.298. The van der Waals surface area contributed by atoms with Gasteiger partial charge in [0, 0.05) is 11.9 Å². The highest BCUT2D eigenvalue weighted by molar-refractivity contribution is 5.67. The van der Waals surface area contributed by atoms with Gasteiger partial charge in [-0.1, -0.05) is 77.2 Å². The molecule has 0 aliphatic carbocycles. The molecule has 2 heteroatoms. The smallest absolute Gasteiger partial charge is 0.0447 e. The summed E-state index contributed by atoms with van der Waals surface area (Å²) in [5.74, 6) is -0.984. The molecule has 0 bridgehead atoms. The van der Waals surface area contributed by atoms with E-state index in [0.29, 0.717) is 0 Å². The van der Waals surface area contributed by atoms with E-state index in [-0.39, 0.29) is 11.8 Å². The van der Waals surface area contributed by atoms with Crippen LogP contribution in [0, 0.1) is 11.8 Å². The lowest BCUT2D eigenvalue weighted by Gasteiger charge is -2.21. The summed E-state index contributed by atoms with van der Waals surface area (Å²) in [6.07, 6.45) is 21.7. The maximum Gasteiger partial charge on any atom is 0.0447 e. The Morgan fingerprint density at radius 1 is 0.870 bits per heavy atom. The lowest BCUT2D eigenvalue weighted by molar-refractivity contribution is -0.313. The molecule has 134 valence electrons. The van der Waals surface area contributed by atoms with Gasteiger partial charge in [-0.05, 0) is 44.4 Å². The molecule has 0 N–H and O–H groups in total. The molecule has 0 fully saturated rings. The Morgan fingerprint density at radius 2 is 1.43 bits per heavy atom. The van der Waals surface area contributed by atoms with Crippen LogP contribution in [0.25, 0.3) is 0 Å². The first-order valence-corrected chi connectivity index (χ1v) is 9.60. The number of carboxylic acid groups (broad SMARTS) is 1. The lowest BCUT2D eigenvalue weighted by atomic mass is 9.90. The number of aliphatic carboxylic acids is 1. The maximum atomic E-state index is 11.0. The van der Waals surface area contributed by atoms with Crippen LogP contribution in [0.3, 0.4) is 0 Å². The van der Waals surface area contributed by atoms with Gasteiger partial charge in [-0.25, -0.2) is 0 Å². The van der Waals surface area contributed by atoms with E-state index in [1.54, 1.807) is 0 Å². The van der Waals surface area contributed by atoms with Crippen molar-refractivity contribution in [2.45, 2.75) is 91.4 Å². The van der Waals surface area contributed by atoms with Gasteiger partial charge in [-0.2, -0.15) is 0 Å². The predicted molar refractivity (Wildman–Crippen MR) is 98.1 cm³/mol. The Balaban J connectivity index is 3.45. The van der Waals surface area contributed by atoms with E-state index in [9.17, 15) is 9.90 Å². The van der Waals surface area contributed by atoms with Gasteiger partial charge >= 0.3 is 0 Å². The van der Waals surface area contributed by atoms with Crippen molar-refractivity contribution < 1.29 is 9.90 Å². The summed E-state index contributed by atoms with van der Waals surface area (Å²) >= 11 is 0. The summed E-state index contributed by atoms with van der Waals surface area (Å²) in [5.41, 5.74) is 0. The van der Waals surface area contributed by atoms with Crippen molar-refractivity contribution in [2.75, 3.05) is 0 Å². The van der Waals surface area contributed by atoms with Crippen molar-refractivity contribution in [1.29, 1.82) is 0 Å². The van der Waals surface area contributed by atoms with E-state index in [2.05, 4.69) is 31.2 Å². The molecule has 0 aromatic carbocycles. The Kier molecular flexibility index (Phi) is 15.1. The summed E-state index contributed by atoms with van der Waals surface area (Å²) < 4.78 is 0. The first-order valence-electron chi connectivity index (χ1n) is 9.60. The Bertz CT molecular complexity index is 329. The van der Waals surface area contributed by atoms with Gasteiger partial charge in [0.15, 0.2) is 0 Å². The highest BCUT2D eigenvalue weighted by atomic mass is 16.4. The molecule has 1 unspecified atom stereocenters. The first kappa shape index (κ1) is 21.9. The summed E-state index contributed by atoms with van der Waals surface area (Å²) in [4.78, 5) is 11.0. The molecule has 23 heavy (non-hydrogen) atoms. The van der Waals surface area contributed by atoms with E-state index in [1.165, 1.54) is 38.5 Å². The van der Waals surface area contributed by atoms with E-state index in [1.807, 2.05) is 13.8 Å². The topological polar surface area (TPSA) is 40.1 Å². The average Bonchev–Trinajstić information content (AvgIpc) is 2.50. The molecule has 0 spiro atoms. The molecule has 0 heterocycles. The summed E-state index contributed by atoms with van der Waals surface area (Å²) in [5, 5.41) is 11.0. The van der Waals surface area contributed by atoms with Crippen molar-refractivity contribution in [3.05, 3.63) is 24.3 Å². The molecule has 0 rings (SSSR count). The molecule has 0 aromatic rings. The Morgan fingerprint density at radius 3 is 1.96 bits per heavy atom. The number of hydrogen-bond donors (Lipinski definition) is 0. The van der Waals surface area contributed by atoms with Crippen molar-refractivity contribution in [1.82, 2.24) is 0 Å². The Hall–Kier alpha value is -1.05. The molecule has 0 aliphatic heterocycles. The number of hydrogen-bond acceptors (Lipinski definition) is 2. The largest absolute Gasteiger partial charge is 0.550 e. The fourth-order valence-corrected chi connectivity index (χ4v) is 2.72. The monoisotopic (exact) mass is 321 g/mol. The van der Waals surface area contributed by atoms with Crippen LogP contribution >= 0.6 is 0 Å². The molecule has 0 aromatic heterocycles. The van der Waals surface area contributed by atoms with E-state index in [0.717, 1.165) is 32.1 Å². The molecular weight excluding hydrogens is 284 g/mol. The normalized spacial score (nSPS) is 13.4. The lowest BCUT2D eigenvalue weighted by Crippen LogP contribution is -2.34. The zero-order chi connectivity index (χ0) is 17.3. The maximum absolute atomic E-state index is 11.0. The van der Waals surface area contributed by atoms with Gasteiger partial charge in [0.1, 0.15) is 0 Å². The highest BCUT2D eigenvalue weighted by Crippen LogP contribution is 2.18. The van der Waals surface area contributed by atoms with Crippen LogP contribution < -0.4 is 5.11 Å². The van der Waals surface area contributed by atoms with Crippen LogP contribution in [-0.4, -0.2) is 5.97 Å². The van der Waals surface area contributed by atoms with Gasteiger partial charge in [-0.15, -0.1) is 0 Å². The fraction of sp³-hybridized carbons (Fsp3) is 0.762. The third-order valence-electron chi connectivity index (χ3n) is 4.32. The SMILES string of the molecule is CCCCC/C=C/C/C=C/CCCCCCC(C(=O)[O-])C(C)C. The van der Waals surface area contributed by atoms with Gasteiger partial charge in [0.25, 0.3) is 0 Å². The standard InChI is InChI=1S/C21H38O2/c1-4-5-6-7-8-9-10-11-12-13-14-15-16-17-18-20(19(2)3)21(22)23/h8-9,11-12,19-20H,4-7,10,13-18H2,1-3H3,(H,22,23)/p-1/b9-8+,12-11+. The number of carbonyl (C=O) groups is 1. The van der Waals surface area contributed by atoms with E-state index < -0.39 is 5.97 Å². The number of rotatable bonds is 15. The van der Waals surface area contributed by atoms with Crippen molar-refractivity contribution in [2.24, 2.45) is 11.8 Å². The second-order valence-electron chi connectivity index (χ2n) is 6.84. The van der Waals surface area contributed by atoms with Gasteiger partial charge in [0.2, 0.25) is 0 Å². The third-order valence-corrected chi connectivity index (χ3v) is 4.32. The zero-order valence-corrected chi connectivity index (χ0v) is 15.6. The number of carboxylic acids is 1. The minimum absolute atomic E-state index is 0.179. The van der Waals surface area contributed by atoms with Crippen LogP contribution in [0.5, 0.6) is 0 Å². The summed E-state index contributed by atoms with van der Waals surface area (Å²) in [6, 6.07) is 0. The fourth-order valence-electron chi connectivity index (χ4n) is 2.72. The van der Waals surface area contributed by atoms with Crippen LogP contribution in [0.1, 0.15) is 91.4 Å². The first-order chi connectivity index (χ1) is 11.1. The van der Waals surface area contributed by atoms with Crippen molar-refractivity contribution in [3.63, 3.8) is 0 Å². The molecule has 0 aliphatic rings. The summed E-state index contributed by atoms with van der Waals surface area (Å²) in [6.45, 7) is 6.16. The molecule has 2 nitrogen and oxygen atoms in total. The average molecular weight is 322 g/mol. The highest BCUT2D eigenvalue weighted by Gasteiger charge is 2.13. The van der Waals surface area contributed by atoms with Crippen LogP contribution in [0.15, 0.2) is 24.3 Å². The third kappa shape index (κ3) is 14.3. The minimum Gasteiger partial charge on any atom is -0.550 e. The number of allylic oxidation sites excluding steroid dienone is 4. The second kappa shape index (κ2) is 15.8. The van der Waals surface area contributed by atoms with Crippen molar-refractivity contribution >= 4 is 5.97 Å². The Labute approximate surface area is 144 Å². The van der Waals surface area contributed by atoms with Gasteiger partial charge in [0.05, 0.1) is 0 Å². The molecular formula is C21H37O2-. The van der Waals surface area contributed by atoms with E-state index in [4.69, 9.17) is 0 Å². The van der Waals surface area contributed by atoms with Crippen LogP contribution in [0.4, 0.5) is 0 Å². The second-order valence-corrected chi connectivity index (χ2v) is 6.84. The van der Waals surface area contributed by atoms with Crippen LogP contribution in [-0.2, 0) is 4.79 Å². The molecule has 1 atom stereocenters. The zero-order valence-electron chi connectivity index (χ0n) is 15.6. The van der Waals surface area contributed by atoms with Crippen LogP contribution in [0.2, 0.25) is 0 Å². The van der Waals surface area contributed by atoms with Gasteiger partial charge < -0.3 is 9.90 Å². The number of carbonyl (C=O) groups excluding carboxylic acids is 1. The summed E-state index contributed by atoms with van der Waals surface area (Å²) in [7, 11) is 0. The van der Waals surface area contributed by atoms with Gasteiger partial charge in [-0.3, -0.25) is 0 Å². The molecule has 0 saturated carbocycles. The molecule has 0 amide bonds. The minimum atomic E-state index is -0.884. The molecule has 0 radical (unpaired) electrons. The van der Waals surface area contributed by atoms with Crippen molar-refractivity contribution in [3.8, 4) is 0 Å². The van der Waals surface area contributed by atoms with E-state index >= 15 is 0 Å².